The van der Waals surface area contributed by atoms with Crippen LogP contribution in [0.2, 0.25) is 0 Å². The number of nitrogens with zero attached hydrogens (tertiary/aromatic N) is 3. The van der Waals surface area contributed by atoms with Gasteiger partial charge in [0, 0.05) is 46.9 Å². The van der Waals surface area contributed by atoms with Gasteiger partial charge in [0.1, 0.15) is 12.4 Å². The normalized spacial score (nSPS) is 11.0. The minimum Gasteiger partial charge on any atom is -0.487 e. The van der Waals surface area contributed by atoms with Gasteiger partial charge in [0.05, 0.1) is 30.5 Å². The number of aromatic nitrogens is 4. The van der Waals surface area contributed by atoms with E-state index in [1.165, 1.54) is 0 Å². The fourth-order valence-electron chi connectivity index (χ4n) is 3.06. The van der Waals surface area contributed by atoms with E-state index in [2.05, 4.69) is 31.5 Å². The minimum absolute atomic E-state index is 0.145. The number of carbonyl (C=O) groups excluding carboxylic acids is 1. The van der Waals surface area contributed by atoms with E-state index in [4.69, 9.17) is 4.74 Å². The zero-order chi connectivity index (χ0) is 20.2. The highest BCUT2D eigenvalue weighted by Gasteiger charge is 2.11. The number of benzene rings is 1. The third kappa shape index (κ3) is 4.57. The summed E-state index contributed by atoms with van der Waals surface area (Å²) < 4.78 is 5.92. The standard InChI is InChI=1S/C20H22N6O2S/c1-13-3-15-4-16(8-21-20(27)26(2)9-14-6-23-24-7-14)25-18(15)5-19(13)28-10-17-11-29-12-22-17/h3-7,11-12,25H,8-10H2,1-2H3,(H,21,27)(H,23,24). The van der Waals surface area contributed by atoms with E-state index in [9.17, 15) is 4.79 Å². The Morgan fingerprint density at radius 2 is 2.24 bits per heavy atom. The van der Waals surface area contributed by atoms with Crippen LogP contribution in [0.4, 0.5) is 4.79 Å². The Bertz CT molecular complexity index is 1090. The lowest BCUT2D eigenvalue weighted by molar-refractivity contribution is 0.206. The van der Waals surface area contributed by atoms with Crippen molar-refractivity contribution in [2.75, 3.05) is 7.05 Å². The number of nitrogens with one attached hydrogen (secondary N) is 3. The third-order valence-corrected chi connectivity index (χ3v) is 5.22. The Kier molecular flexibility index (Phi) is 5.48. The van der Waals surface area contributed by atoms with Gasteiger partial charge in [-0.05, 0) is 24.6 Å². The number of hydrogen-bond acceptors (Lipinski definition) is 5. The Balaban J connectivity index is 1.38. The molecule has 8 nitrogen and oxygen atoms in total. The number of fused-ring (bicyclic) bond motifs is 1. The lowest BCUT2D eigenvalue weighted by Gasteiger charge is -2.16. The van der Waals surface area contributed by atoms with Gasteiger partial charge < -0.3 is 19.9 Å². The molecule has 0 aliphatic rings. The highest BCUT2D eigenvalue weighted by molar-refractivity contribution is 7.07. The number of H-pyrrole nitrogens is 2. The number of aromatic amines is 2. The van der Waals surface area contributed by atoms with Crippen molar-refractivity contribution in [3.05, 3.63) is 64.0 Å². The van der Waals surface area contributed by atoms with Crippen LogP contribution >= 0.6 is 11.3 Å². The first-order valence-electron chi connectivity index (χ1n) is 9.17. The summed E-state index contributed by atoms with van der Waals surface area (Å²) in [6, 6.07) is 5.97. The van der Waals surface area contributed by atoms with Gasteiger partial charge in [-0.15, -0.1) is 11.3 Å². The fraction of sp³-hybridized carbons (Fsp3) is 0.250. The van der Waals surface area contributed by atoms with Gasteiger partial charge in [-0.3, -0.25) is 5.10 Å². The first kappa shape index (κ1) is 19.0. The predicted octanol–water partition coefficient (Wildman–Crippen LogP) is 3.58. The zero-order valence-corrected chi connectivity index (χ0v) is 17.0. The Morgan fingerprint density at radius 1 is 1.34 bits per heavy atom. The molecule has 150 valence electrons. The number of amides is 2. The van der Waals surface area contributed by atoms with Crippen LogP contribution in [0.5, 0.6) is 5.75 Å². The van der Waals surface area contributed by atoms with Gasteiger partial charge in [-0.2, -0.15) is 5.10 Å². The average Bonchev–Trinajstić information content (AvgIpc) is 3.46. The summed E-state index contributed by atoms with van der Waals surface area (Å²) in [5.41, 5.74) is 6.63. The summed E-state index contributed by atoms with van der Waals surface area (Å²) in [6.07, 6.45) is 3.48. The van der Waals surface area contributed by atoms with Crippen molar-refractivity contribution < 1.29 is 9.53 Å². The summed E-state index contributed by atoms with van der Waals surface area (Å²) in [4.78, 5) is 21.5. The molecule has 0 fully saturated rings. The first-order chi connectivity index (χ1) is 14.1. The second kappa shape index (κ2) is 8.36. The second-order valence-electron chi connectivity index (χ2n) is 6.89. The van der Waals surface area contributed by atoms with E-state index in [0.29, 0.717) is 19.7 Å². The summed E-state index contributed by atoms with van der Waals surface area (Å²) in [7, 11) is 1.75. The van der Waals surface area contributed by atoms with E-state index < -0.39 is 0 Å². The lowest BCUT2D eigenvalue weighted by atomic mass is 10.1. The van der Waals surface area contributed by atoms with E-state index in [-0.39, 0.29) is 6.03 Å². The fourth-order valence-corrected chi connectivity index (χ4v) is 3.60. The summed E-state index contributed by atoms with van der Waals surface area (Å²) >= 11 is 1.56. The van der Waals surface area contributed by atoms with Crippen LogP contribution in [-0.4, -0.2) is 38.1 Å². The van der Waals surface area contributed by atoms with Crippen LogP contribution in [0.3, 0.4) is 0 Å². The molecule has 0 saturated carbocycles. The molecule has 0 unspecified atom stereocenters. The Morgan fingerprint density at radius 3 is 3.00 bits per heavy atom. The van der Waals surface area contributed by atoms with Gasteiger partial charge in [0.2, 0.25) is 0 Å². The summed E-state index contributed by atoms with van der Waals surface area (Å²) in [6.45, 7) is 3.38. The Hall–Kier alpha value is -3.33. The quantitative estimate of drug-likeness (QED) is 0.434. The maximum atomic E-state index is 12.3. The molecule has 0 radical (unpaired) electrons. The van der Waals surface area contributed by atoms with E-state index in [1.807, 2.05) is 24.4 Å². The van der Waals surface area contributed by atoms with Gasteiger partial charge in [0.25, 0.3) is 0 Å². The van der Waals surface area contributed by atoms with Crippen LogP contribution in [0.15, 0.2) is 41.5 Å². The molecule has 4 rings (SSSR count). The number of carbonyl (C=O) groups is 1. The number of hydrogen-bond donors (Lipinski definition) is 3. The maximum absolute atomic E-state index is 12.3. The molecule has 0 aliphatic carbocycles. The van der Waals surface area contributed by atoms with Crippen LogP contribution in [0.1, 0.15) is 22.5 Å². The van der Waals surface area contributed by atoms with Crippen molar-refractivity contribution in [3.63, 3.8) is 0 Å². The molecule has 0 aliphatic heterocycles. The number of aryl methyl sites for hydroxylation is 1. The topological polar surface area (TPSA) is 98.9 Å². The lowest BCUT2D eigenvalue weighted by Crippen LogP contribution is -2.36. The van der Waals surface area contributed by atoms with E-state index >= 15 is 0 Å². The van der Waals surface area contributed by atoms with Crippen LogP contribution in [0, 0.1) is 6.92 Å². The van der Waals surface area contributed by atoms with Crippen molar-refractivity contribution in [2.24, 2.45) is 0 Å². The third-order valence-electron chi connectivity index (χ3n) is 4.58. The molecule has 29 heavy (non-hydrogen) atoms. The van der Waals surface area contributed by atoms with Crippen molar-refractivity contribution in [1.29, 1.82) is 0 Å². The number of ether oxygens (including phenoxy) is 1. The van der Waals surface area contributed by atoms with Gasteiger partial charge in [-0.25, -0.2) is 9.78 Å². The van der Waals surface area contributed by atoms with Crippen molar-refractivity contribution in [3.8, 4) is 5.75 Å². The van der Waals surface area contributed by atoms with E-state index in [1.54, 1.807) is 41.2 Å². The van der Waals surface area contributed by atoms with Crippen molar-refractivity contribution in [2.45, 2.75) is 26.6 Å². The van der Waals surface area contributed by atoms with Crippen LogP contribution < -0.4 is 10.1 Å². The zero-order valence-electron chi connectivity index (χ0n) is 16.2. The molecule has 2 amide bonds. The number of rotatable bonds is 7. The molecular formula is C20H22N6O2S. The molecule has 0 atom stereocenters. The van der Waals surface area contributed by atoms with Crippen LogP contribution in [0.25, 0.3) is 10.9 Å². The SMILES string of the molecule is Cc1cc2cc(CNC(=O)N(C)Cc3cn[nH]c3)[nH]c2cc1OCc1cscn1. The number of urea groups is 1. The maximum Gasteiger partial charge on any atom is 0.317 e. The molecule has 3 heterocycles. The molecule has 3 aromatic heterocycles. The van der Waals surface area contributed by atoms with Crippen molar-refractivity contribution in [1.82, 2.24) is 30.4 Å². The van der Waals surface area contributed by atoms with Gasteiger partial charge in [0.15, 0.2) is 0 Å². The molecule has 1 aromatic carbocycles. The largest absolute Gasteiger partial charge is 0.487 e. The first-order valence-corrected chi connectivity index (χ1v) is 10.1. The highest BCUT2D eigenvalue weighted by atomic mass is 32.1. The molecule has 9 heteroatoms. The van der Waals surface area contributed by atoms with E-state index in [0.717, 1.165) is 39.2 Å². The molecule has 0 saturated heterocycles. The smallest absolute Gasteiger partial charge is 0.317 e. The molecule has 0 spiro atoms. The minimum atomic E-state index is -0.145. The molecular weight excluding hydrogens is 388 g/mol. The summed E-state index contributed by atoms with van der Waals surface area (Å²) in [5, 5.41) is 12.6. The average molecular weight is 411 g/mol. The monoisotopic (exact) mass is 410 g/mol. The molecule has 3 N–H and O–H groups in total. The van der Waals surface area contributed by atoms with Crippen molar-refractivity contribution >= 4 is 28.3 Å². The highest BCUT2D eigenvalue weighted by Crippen LogP contribution is 2.26. The molecule has 4 aromatic rings. The number of thiazole rings is 1. The van der Waals surface area contributed by atoms with Gasteiger partial charge in [-0.1, -0.05) is 0 Å². The Labute approximate surface area is 171 Å². The molecule has 0 bridgehead atoms. The summed E-state index contributed by atoms with van der Waals surface area (Å²) in [5.74, 6) is 0.822. The predicted molar refractivity (Wildman–Crippen MR) is 112 cm³/mol. The van der Waals surface area contributed by atoms with Gasteiger partial charge >= 0.3 is 6.03 Å². The van der Waals surface area contributed by atoms with Crippen LogP contribution in [-0.2, 0) is 19.7 Å². The second-order valence-corrected chi connectivity index (χ2v) is 7.61.